The van der Waals surface area contributed by atoms with E-state index in [1.807, 2.05) is 0 Å². The van der Waals surface area contributed by atoms with E-state index < -0.39 is 15.6 Å². The van der Waals surface area contributed by atoms with Crippen molar-refractivity contribution in [3.05, 3.63) is 79.2 Å². The molecule has 0 spiro atoms. The number of hydrogen-bond donors (Lipinski definition) is 0. The summed E-state index contributed by atoms with van der Waals surface area (Å²) >= 11 is 0. The number of ketones is 1. The van der Waals surface area contributed by atoms with Crippen molar-refractivity contribution in [2.24, 2.45) is 0 Å². The van der Waals surface area contributed by atoms with Gasteiger partial charge in [0.15, 0.2) is 5.78 Å². The van der Waals surface area contributed by atoms with E-state index in [2.05, 4.69) is 0 Å². The first-order valence-electron chi connectivity index (χ1n) is 7.54. The van der Waals surface area contributed by atoms with Crippen LogP contribution in [0.25, 0.3) is 0 Å². The molecule has 0 bridgehead atoms. The molecule has 0 aromatic heterocycles. The topological polar surface area (TPSA) is 122 Å². The molecule has 0 atom stereocenters. The smallest absolute Gasteiger partial charge is 0.279 e. The van der Waals surface area contributed by atoms with E-state index in [0.717, 1.165) is 6.08 Å². The van der Waals surface area contributed by atoms with E-state index in [9.17, 15) is 25.0 Å². The van der Waals surface area contributed by atoms with Crippen LogP contribution in [0.5, 0.6) is 11.5 Å². The summed E-state index contributed by atoms with van der Waals surface area (Å²) in [6.07, 6.45) is 3.60. The average Bonchev–Trinajstić information content (AvgIpc) is 2.65. The first-order valence-corrected chi connectivity index (χ1v) is 7.54. The lowest BCUT2D eigenvalue weighted by molar-refractivity contribution is -0.438. The minimum atomic E-state index is -0.694. The maximum absolute atomic E-state index is 12.4. The van der Waals surface area contributed by atoms with Crippen LogP contribution in [0.1, 0.15) is 23.2 Å². The van der Waals surface area contributed by atoms with Crippen LogP contribution in [0.2, 0.25) is 0 Å². The molecule has 136 valence electrons. The first kappa shape index (κ1) is 18.8. The van der Waals surface area contributed by atoms with E-state index >= 15 is 0 Å². The molecule has 0 unspecified atom stereocenters. The van der Waals surface area contributed by atoms with E-state index in [1.165, 1.54) is 32.4 Å². The molecule has 0 fully saturated rings. The predicted octanol–water partition coefficient (Wildman–Crippen LogP) is 2.93. The van der Waals surface area contributed by atoms with Crippen LogP contribution in [0, 0.1) is 20.2 Å². The molecule has 0 amide bonds. The van der Waals surface area contributed by atoms with Crippen LogP contribution in [0.3, 0.4) is 0 Å². The fourth-order valence-corrected chi connectivity index (χ4v) is 2.46. The normalized spacial score (nSPS) is 14.2. The summed E-state index contributed by atoms with van der Waals surface area (Å²) in [7, 11) is 2.89. The SMILES string of the molecule is COc1ccc(C(=O)/C=C/C2=C([N+](=O)[O-])C=C([N+](=O)[O-])CC2)c(OC)c1. The number of methoxy groups -OCH3 is 2. The Balaban J connectivity index is 2.33. The zero-order chi connectivity index (χ0) is 19.3. The maximum atomic E-state index is 12.4. The van der Waals surface area contributed by atoms with Crippen molar-refractivity contribution in [3.63, 3.8) is 0 Å². The maximum Gasteiger partial charge on any atom is 0.279 e. The van der Waals surface area contributed by atoms with Crippen LogP contribution in [-0.4, -0.2) is 29.8 Å². The summed E-state index contributed by atoms with van der Waals surface area (Å²) in [5.74, 6) is 0.413. The molecule has 0 heterocycles. The van der Waals surface area contributed by atoms with Gasteiger partial charge in [0.05, 0.1) is 35.7 Å². The monoisotopic (exact) mass is 360 g/mol. The molecule has 9 heteroatoms. The largest absolute Gasteiger partial charge is 0.497 e. The van der Waals surface area contributed by atoms with Gasteiger partial charge in [0.1, 0.15) is 11.5 Å². The van der Waals surface area contributed by atoms with E-state index in [4.69, 9.17) is 9.47 Å². The lowest BCUT2D eigenvalue weighted by Crippen LogP contribution is -2.10. The van der Waals surface area contributed by atoms with Gasteiger partial charge in [-0.2, -0.15) is 0 Å². The van der Waals surface area contributed by atoms with E-state index in [1.54, 1.807) is 12.1 Å². The number of rotatable bonds is 7. The number of carbonyl (C=O) groups excluding carboxylic acids is 1. The van der Waals surface area contributed by atoms with Crippen LogP contribution in [-0.2, 0) is 0 Å². The average molecular weight is 360 g/mol. The summed E-state index contributed by atoms with van der Waals surface area (Å²) in [6, 6.07) is 4.67. The van der Waals surface area contributed by atoms with Gasteiger partial charge in [-0.25, -0.2) is 0 Å². The molecule has 0 saturated carbocycles. The number of nitro groups is 2. The van der Waals surface area contributed by atoms with Gasteiger partial charge < -0.3 is 9.47 Å². The third-order valence-corrected chi connectivity index (χ3v) is 3.82. The third kappa shape index (κ3) is 4.12. The Kier molecular flexibility index (Phi) is 5.84. The molecule has 0 aliphatic heterocycles. The molecular formula is C17H16N2O7. The highest BCUT2D eigenvalue weighted by molar-refractivity contribution is 6.06. The van der Waals surface area contributed by atoms with Crippen molar-refractivity contribution in [2.45, 2.75) is 12.8 Å². The van der Waals surface area contributed by atoms with Crippen LogP contribution < -0.4 is 9.47 Å². The number of allylic oxidation sites excluding steroid dienone is 5. The summed E-state index contributed by atoms with van der Waals surface area (Å²) in [6.45, 7) is 0. The van der Waals surface area contributed by atoms with Crippen LogP contribution in [0.4, 0.5) is 0 Å². The van der Waals surface area contributed by atoms with Gasteiger partial charge in [-0.15, -0.1) is 0 Å². The Bertz CT molecular complexity index is 853. The van der Waals surface area contributed by atoms with Gasteiger partial charge in [-0.05, 0) is 30.7 Å². The van der Waals surface area contributed by atoms with Crippen LogP contribution >= 0.6 is 0 Å². The summed E-state index contributed by atoms with van der Waals surface area (Å²) in [5.41, 5.74) is -0.0859. The second-order valence-electron chi connectivity index (χ2n) is 5.32. The van der Waals surface area contributed by atoms with Gasteiger partial charge >= 0.3 is 0 Å². The fraction of sp³-hybridized carbons (Fsp3) is 0.235. The Morgan fingerprint density at radius 2 is 1.85 bits per heavy atom. The quantitative estimate of drug-likeness (QED) is 0.317. The second-order valence-corrected chi connectivity index (χ2v) is 5.32. The van der Waals surface area contributed by atoms with Crippen molar-refractivity contribution in [2.75, 3.05) is 14.2 Å². The molecule has 0 N–H and O–H groups in total. The predicted molar refractivity (Wildman–Crippen MR) is 91.3 cm³/mol. The van der Waals surface area contributed by atoms with Gasteiger partial charge in [0, 0.05) is 18.1 Å². The first-order chi connectivity index (χ1) is 12.4. The molecule has 1 aromatic carbocycles. The number of carbonyl (C=O) groups is 1. The van der Waals surface area contributed by atoms with Crippen molar-refractivity contribution >= 4 is 5.78 Å². The van der Waals surface area contributed by atoms with Crippen molar-refractivity contribution in [1.29, 1.82) is 0 Å². The number of hydrogen-bond acceptors (Lipinski definition) is 7. The Morgan fingerprint density at radius 3 is 2.42 bits per heavy atom. The Hall–Kier alpha value is -3.49. The van der Waals surface area contributed by atoms with Crippen molar-refractivity contribution in [3.8, 4) is 11.5 Å². The standard InChI is InChI=1S/C17H16N2O7/c1-25-13-6-7-14(17(10-13)26-2)16(20)8-4-11-3-5-12(18(21)22)9-15(11)19(23)24/h4,6-10H,3,5H2,1-2H3/b8-4+. The zero-order valence-corrected chi connectivity index (χ0v) is 14.1. The zero-order valence-electron chi connectivity index (χ0n) is 14.1. The lowest BCUT2D eigenvalue weighted by Gasteiger charge is -2.09. The van der Waals surface area contributed by atoms with Gasteiger partial charge in [-0.3, -0.25) is 25.0 Å². The molecule has 1 aliphatic carbocycles. The highest BCUT2D eigenvalue weighted by Gasteiger charge is 2.26. The Labute approximate surface area is 148 Å². The Morgan fingerprint density at radius 1 is 1.12 bits per heavy atom. The highest BCUT2D eigenvalue weighted by Crippen LogP contribution is 2.27. The summed E-state index contributed by atoms with van der Waals surface area (Å²) in [4.78, 5) is 33.0. The van der Waals surface area contributed by atoms with E-state index in [0.29, 0.717) is 11.5 Å². The molecule has 2 rings (SSSR count). The lowest BCUT2D eigenvalue weighted by atomic mass is 9.98. The summed E-state index contributed by atoms with van der Waals surface area (Å²) in [5, 5.41) is 21.9. The third-order valence-electron chi connectivity index (χ3n) is 3.82. The minimum absolute atomic E-state index is 0.0596. The van der Waals surface area contributed by atoms with Crippen molar-refractivity contribution < 1.29 is 24.1 Å². The minimum Gasteiger partial charge on any atom is -0.497 e. The molecule has 26 heavy (non-hydrogen) atoms. The van der Waals surface area contributed by atoms with Gasteiger partial charge in [-0.1, -0.05) is 0 Å². The summed E-state index contributed by atoms with van der Waals surface area (Å²) < 4.78 is 10.2. The number of ether oxygens (including phenoxy) is 2. The van der Waals surface area contributed by atoms with Gasteiger partial charge in [0.2, 0.25) is 0 Å². The molecular weight excluding hydrogens is 344 g/mol. The molecule has 1 aromatic rings. The molecule has 0 radical (unpaired) electrons. The number of nitrogens with zero attached hydrogens (tertiary/aromatic N) is 2. The fourth-order valence-electron chi connectivity index (χ4n) is 2.46. The van der Waals surface area contributed by atoms with Crippen molar-refractivity contribution in [1.82, 2.24) is 0 Å². The van der Waals surface area contributed by atoms with Crippen LogP contribution in [0.15, 0.2) is 53.4 Å². The number of benzene rings is 1. The van der Waals surface area contributed by atoms with E-state index in [-0.39, 0.29) is 35.4 Å². The second kappa shape index (κ2) is 8.06. The molecule has 1 aliphatic rings. The highest BCUT2D eigenvalue weighted by atomic mass is 16.6. The molecule has 9 nitrogen and oxygen atoms in total. The van der Waals surface area contributed by atoms with Gasteiger partial charge in [0.25, 0.3) is 11.4 Å². The molecule has 0 saturated heterocycles.